The van der Waals surface area contributed by atoms with Gasteiger partial charge in [0.1, 0.15) is 12.7 Å². The molecule has 0 saturated carbocycles. The molecule has 0 bridgehead atoms. The minimum Gasteiger partial charge on any atom is -0.486 e. The third kappa shape index (κ3) is 6.47. The SMILES string of the molecule is CC(NCc1cccc([N+](=O)[O-])c1)C1COc2ccccc2O1.O=C(O)C(=O)O. The maximum Gasteiger partial charge on any atom is 0.414 e. The third-order valence-electron chi connectivity index (χ3n) is 4.02. The summed E-state index contributed by atoms with van der Waals surface area (Å²) >= 11 is 0. The standard InChI is InChI=1S/C17H18N2O4.C2H2O4/c1-12(17-11-22-15-7-2-3-8-16(15)23-17)18-10-13-5-4-6-14(9-13)19(20)21;3-1(4)2(5)6/h2-9,12,17-18H,10-11H2,1H3;(H,3,4)(H,5,6). The second kappa shape index (κ2) is 10.0. The van der Waals surface area contributed by atoms with Gasteiger partial charge in [0.2, 0.25) is 0 Å². The van der Waals surface area contributed by atoms with Crippen LogP contribution in [-0.4, -0.2) is 45.8 Å². The van der Waals surface area contributed by atoms with Crippen molar-refractivity contribution in [2.45, 2.75) is 25.6 Å². The van der Waals surface area contributed by atoms with Crippen LogP contribution in [0.15, 0.2) is 48.5 Å². The Kier molecular flexibility index (Phi) is 7.49. The molecular weight excluding hydrogens is 384 g/mol. The lowest BCUT2D eigenvalue weighted by molar-refractivity contribution is -0.384. The smallest absolute Gasteiger partial charge is 0.414 e. The molecule has 0 fully saturated rings. The highest BCUT2D eigenvalue weighted by Gasteiger charge is 2.25. The summed E-state index contributed by atoms with van der Waals surface area (Å²) in [5.74, 6) is -2.15. The number of carboxylic acids is 2. The molecule has 2 aromatic carbocycles. The molecule has 0 radical (unpaired) electrons. The number of carboxylic acid groups (broad SMARTS) is 2. The Morgan fingerprint density at radius 1 is 1.17 bits per heavy atom. The highest BCUT2D eigenvalue weighted by molar-refractivity contribution is 6.27. The number of nitro groups is 1. The van der Waals surface area contributed by atoms with Crippen LogP contribution in [0.2, 0.25) is 0 Å². The van der Waals surface area contributed by atoms with E-state index in [2.05, 4.69) is 5.32 Å². The van der Waals surface area contributed by atoms with E-state index in [0.717, 1.165) is 17.1 Å². The maximum absolute atomic E-state index is 10.8. The molecule has 1 heterocycles. The van der Waals surface area contributed by atoms with Gasteiger partial charge >= 0.3 is 11.9 Å². The third-order valence-corrected chi connectivity index (χ3v) is 4.02. The van der Waals surface area contributed by atoms with E-state index in [9.17, 15) is 10.1 Å². The van der Waals surface area contributed by atoms with Crippen LogP contribution in [-0.2, 0) is 16.1 Å². The molecule has 2 aromatic rings. The average Bonchev–Trinajstić information content (AvgIpc) is 2.72. The maximum atomic E-state index is 10.8. The first kappa shape index (κ1) is 21.6. The molecule has 3 N–H and O–H groups in total. The van der Waals surface area contributed by atoms with Gasteiger partial charge < -0.3 is 25.0 Å². The molecule has 154 valence electrons. The van der Waals surface area contributed by atoms with E-state index in [1.54, 1.807) is 12.1 Å². The number of carbonyl (C=O) groups is 2. The predicted molar refractivity (Wildman–Crippen MR) is 101 cm³/mol. The lowest BCUT2D eigenvalue weighted by Crippen LogP contribution is -2.45. The summed E-state index contributed by atoms with van der Waals surface area (Å²) in [7, 11) is 0. The summed E-state index contributed by atoms with van der Waals surface area (Å²) in [5, 5.41) is 28.9. The lowest BCUT2D eigenvalue weighted by Gasteiger charge is -2.31. The molecule has 10 heteroatoms. The van der Waals surface area contributed by atoms with Crippen molar-refractivity contribution in [1.29, 1.82) is 0 Å². The highest BCUT2D eigenvalue weighted by atomic mass is 16.6. The summed E-state index contributed by atoms with van der Waals surface area (Å²) in [4.78, 5) is 28.6. The fraction of sp³-hybridized carbons (Fsp3) is 0.263. The molecule has 1 aliphatic heterocycles. The van der Waals surface area contributed by atoms with Gasteiger partial charge in [0.05, 0.1) is 4.92 Å². The van der Waals surface area contributed by atoms with E-state index in [-0.39, 0.29) is 22.8 Å². The highest BCUT2D eigenvalue weighted by Crippen LogP contribution is 2.31. The van der Waals surface area contributed by atoms with Gasteiger partial charge in [-0.15, -0.1) is 0 Å². The van der Waals surface area contributed by atoms with Gasteiger partial charge in [-0.2, -0.15) is 0 Å². The van der Waals surface area contributed by atoms with E-state index < -0.39 is 11.9 Å². The number of ether oxygens (including phenoxy) is 2. The Labute approximate surface area is 165 Å². The van der Waals surface area contributed by atoms with Crippen LogP contribution < -0.4 is 14.8 Å². The number of aliphatic carboxylic acids is 2. The minimum absolute atomic E-state index is 0.0441. The number of non-ortho nitro benzene ring substituents is 1. The van der Waals surface area contributed by atoms with Gasteiger partial charge in [-0.25, -0.2) is 9.59 Å². The Morgan fingerprint density at radius 2 is 1.83 bits per heavy atom. The van der Waals surface area contributed by atoms with Crippen LogP contribution in [0.3, 0.4) is 0 Å². The molecule has 0 saturated heterocycles. The van der Waals surface area contributed by atoms with Crippen molar-refractivity contribution in [3.8, 4) is 11.5 Å². The molecule has 2 atom stereocenters. The fourth-order valence-electron chi connectivity index (χ4n) is 2.47. The van der Waals surface area contributed by atoms with Crippen molar-refractivity contribution in [3.63, 3.8) is 0 Å². The first-order valence-corrected chi connectivity index (χ1v) is 8.59. The Hall–Kier alpha value is -3.66. The molecule has 29 heavy (non-hydrogen) atoms. The number of nitrogens with one attached hydrogen (secondary N) is 1. The molecule has 2 unspecified atom stereocenters. The van der Waals surface area contributed by atoms with Crippen molar-refractivity contribution in [2.75, 3.05) is 6.61 Å². The van der Waals surface area contributed by atoms with E-state index >= 15 is 0 Å². The molecule has 0 aliphatic carbocycles. The van der Waals surface area contributed by atoms with Crippen molar-refractivity contribution in [2.24, 2.45) is 0 Å². The first-order valence-electron chi connectivity index (χ1n) is 8.59. The monoisotopic (exact) mass is 404 g/mol. The number of para-hydroxylation sites is 2. The second-order valence-corrected chi connectivity index (χ2v) is 6.12. The van der Waals surface area contributed by atoms with E-state index in [0.29, 0.717) is 13.2 Å². The van der Waals surface area contributed by atoms with E-state index in [1.165, 1.54) is 6.07 Å². The molecule has 3 rings (SSSR count). The van der Waals surface area contributed by atoms with Crippen molar-refractivity contribution in [3.05, 3.63) is 64.2 Å². The van der Waals surface area contributed by atoms with Crippen LogP contribution >= 0.6 is 0 Å². The van der Waals surface area contributed by atoms with E-state index in [4.69, 9.17) is 29.3 Å². The zero-order chi connectivity index (χ0) is 21.4. The van der Waals surface area contributed by atoms with Gasteiger partial charge in [-0.1, -0.05) is 24.3 Å². The number of hydrogen-bond acceptors (Lipinski definition) is 7. The van der Waals surface area contributed by atoms with Gasteiger partial charge in [-0.05, 0) is 24.6 Å². The zero-order valence-corrected chi connectivity index (χ0v) is 15.5. The number of rotatable bonds is 5. The number of nitrogens with zero attached hydrogens (tertiary/aromatic N) is 1. The van der Waals surface area contributed by atoms with Crippen LogP contribution in [0, 0.1) is 10.1 Å². The normalized spacial score (nSPS) is 15.4. The molecule has 1 aliphatic rings. The van der Waals surface area contributed by atoms with Gasteiger partial charge in [-0.3, -0.25) is 10.1 Å². The first-order chi connectivity index (χ1) is 13.8. The molecule has 0 aromatic heterocycles. The Balaban J connectivity index is 0.000000438. The van der Waals surface area contributed by atoms with Gasteiger partial charge in [0.25, 0.3) is 5.69 Å². The topological polar surface area (TPSA) is 148 Å². The molecule has 10 nitrogen and oxygen atoms in total. The van der Waals surface area contributed by atoms with Crippen LogP contribution in [0.25, 0.3) is 0 Å². The summed E-state index contributed by atoms with van der Waals surface area (Å²) < 4.78 is 11.7. The largest absolute Gasteiger partial charge is 0.486 e. The number of benzene rings is 2. The van der Waals surface area contributed by atoms with Gasteiger partial charge in [0, 0.05) is 24.7 Å². The summed E-state index contributed by atoms with van der Waals surface area (Å²) in [6.07, 6.45) is -0.108. The number of hydrogen-bond donors (Lipinski definition) is 3. The zero-order valence-electron chi connectivity index (χ0n) is 15.5. The van der Waals surface area contributed by atoms with Crippen LogP contribution in [0.5, 0.6) is 11.5 Å². The van der Waals surface area contributed by atoms with Crippen molar-refractivity contribution >= 4 is 17.6 Å². The second-order valence-electron chi connectivity index (χ2n) is 6.12. The number of nitro benzene ring substituents is 1. The lowest BCUT2D eigenvalue weighted by atomic mass is 10.1. The summed E-state index contributed by atoms with van der Waals surface area (Å²) in [6, 6.07) is 14.2. The molecule has 0 amide bonds. The summed E-state index contributed by atoms with van der Waals surface area (Å²) in [5.41, 5.74) is 0.964. The average molecular weight is 404 g/mol. The fourth-order valence-corrected chi connectivity index (χ4v) is 2.47. The number of fused-ring (bicyclic) bond motifs is 1. The summed E-state index contributed by atoms with van der Waals surface area (Å²) in [6.45, 7) is 3.02. The van der Waals surface area contributed by atoms with Crippen LogP contribution in [0.1, 0.15) is 12.5 Å². The van der Waals surface area contributed by atoms with Crippen LogP contribution in [0.4, 0.5) is 5.69 Å². The van der Waals surface area contributed by atoms with Crippen molar-refractivity contribution in [1.82, 2.24) is 5.32 Å². The van der Waals surface area contributed by atoms with E-state index in [1.807, 2.05) is 37.3 Å². The quantitative estimate of drug-likeness (QED) is 0.387. The molecular formula is C19H20N2O8. The Morgan fingerprint density at radius 3 is 2.45 bits per heavy atom. The Bertz CT molecular complexity index is 874. The van der Waals surface area contributed by atoms with Crippen molar-refractivity contribution < 1.29 is 34.2 Å². The minimum atomic E-state index is -1.82. The molecule has 0 spiro atoms. The predicted octanol–water partition coefficient (Wildman–Crippen LogP) is 2.07. The van der Waals surface area contributed by atoms with Gasteiger partial charge in [0.15, 0.2) is 11.5 Å².